The van der Waals surface area contributed by atoms with Gasteiger partial charge in [-0.1, -0.05) is 49.5 Å². The monoisotopic (exact) mass is 300 g/mol. The van der Waals surface area contributed by atoms with Crippen molar-refractivity contribution in [3.63, 3.8) is 0 Å². The molecule has 0 aliphatic rings. The molecule has 0 aliphatic heterocycles. The van der Waals surface area contributed by atoms with E-state index in [-0.39, 0.29) is 11.0 Å². The Morgan fingerprint density at radius 3 is 2.42 bits per heavy atom. The number of nitrogens with one attached hydrogen (secondary N) is 1. The van der Waals surface area contributed by atoms with Gasteiger partial charge in [-0.3, -0.25) is 0 Å². The van der Waals surface area contributed by atoms with Gasteiger partial charge in [-0.25, -0.2) is 13.1 Å². The zero-order chi connectivity index (χ0) is 14.5. The Labute approximate surface area is 120 Å². The van der Waals surface area contributed by atoms with Crippen molar-refractivity contribution in [3.05, 3.63) is 35.9 Å². The van der Waals surface area contributed by atoms with Crippen molar-refractivity contribution >= 4 is 27.2 Å². The second-order valence-electron chi connectivity index (χ2n) is 4.55. The molecule has 0 fully saturated rings. The maximum atomic E-state index is 12.1. The quantitative estimate of drug-likeness (QED) is 0.750. The minimum Gasteiger partial charge on any atom is -0.392 e. The van der Waals surface area contributed by atoms with Gasteiger partial charge in [0.25, 0.3) is 0 Å². The molecule has 3 N–H and O–H groups in total. The number of benzene rings is 1. The Bertz CT molecular complexity index is 515. The Balaban J connectivity index is 2.70. The third-order valence-electron chi connectivity index (χ3n) is 2.81. The summed E-state index contributed by atoms with van der Waals surface area (Å²) in [6.07, 6.45) is 1.01. The molecular weight excluding hydrogens is 280 g/mol. The van der Waals surface area contributed by atoms with Gasteiger partial charge >= 0.3 is 0 Å². The van der Waals surface area contributed by atoms with Gasteiger partial charge in [-0.2, -0.15) is 0 Å². The first-order valence-electron chi connectivity index (χ1n) is 6.21. The standard InChI is InChI=1S/C13H20N2O2S2/c1-3-12(13(14)18)19(16,17)15-10(2)9-11-7-5-4-6-8-11/h4-8,10,12,15H,3,9H2,1-2H3,(H2,14,18). The number of hydrogen-bond acceptors (Lipinski definition) is 3. The van der Waals surface area contributed by atoms with Crippen LogP contribution in [0.2, 0.25) is 0 Å². The van der Waals surface area contributed by atoms with Crippen LogP contribution in [0.3, 0.4) is 0 Å². The third-order valence-corrected chi connectivity index (χ3v) is 5.31. The Morgan fingerprint density at radius 1 is 1.37 bits per heavy atom. The molecule has 4 nitrogen and oxygen atoms in total. The van der Waals surface area contributed by atoms with Gasteiger partial charge in [0.2, 0.25) is 10.0 Å². The van der Waals surface area contributed by atoms with Gasteiger partial charge in [-0.05, 0) is 25.3 Å². The fourth-order valence-electron chi connectivity index (χ4n) is 1.95. The molecule has 19 heavy (non-hydrogen) atoms. The first-order valence-corrected chi connectivity index (χ1v) is 8.16. The molecule has 0 spiro atoms. The van der Waals surface area contributed by atoms with Crippen molar-refractivity contribution in [1.82, 2.24) is 4.72 Å². The van der Waals surface area contributed by atoms with Crippen LogP contribution in [0.15, 0.2) is 30.3 Å². The summed E-state index contributed by atoms with van der Waals surface area (Å²) in [6, 6.07) is 9.53. The first-order chi connectivity index (χ1) is 8.86. The van der Waals surface area contributed by atoms with Crippen molar-refractivity contribution in [2.45, 2.75) is 38.0 Å². The van der Waals surface area contributed by atoms with Crippen LogP contribution in [0.1, 0.15) is 25.8 Å². The van der Waals surface area contributed by atoms with E-state index in [1.54, 1.807) is 6.92 Å². The highest BCUT2D eigenvalue weighted by atomic mass is 32.2. The number of rotatable bonds is 7. The average Bonchev–Trinajstić information content (AvgIpc) is 2.28. The Hall–Kier alpha value is -0.980. The number of hydrogen-bond donors (Lipinski definition) is 2. The minimum atomic E-state index is -3.51. The van der Waals surface area contributed by atoms with E-state index in [0.717, 1.165) is 5.56 Å². The molecule has 0 aliphatic carbocycles. The lowest BCUT2D eigenvalue weighted by Gasteiger charge is -2.19. The highest BCUT2D eigenvalue weighted by Crippen LogP contribution is 2.08. The largest absolute Gasteiger partial charge is 0.392 e. The van der Waals surface area contributed by atoms with Crippen LogP contribution < -0.4 is 10.5 Å². The van der Waals surface area contributed by atoms with Crippen molar-refractivity contribution < 1.29 is 8.42 Å². The molecule has 0 aromatic heterocycles. The van der Waals surface area contributed by atoms with E-state index in [0.29, 0.717) is 12.8 Å². The Morgan fingerprint density at radius 2 is 1.95 bits per heavy atom. The van der Waals surface area contributed by atoms with Crippen molar-refractivity contribution in [3.8, 4) is 0 Å². The van der Waals surface area contributed by atoms with Crippen molar-refractivity contribution in [2.24, 2.45) is 5.73 Å². The third kappa shape index (κ3) is 4.89. The normalized spacial score (nSPS) is 14.8. The van der Waals surface area contributed by atoms with E-state index in [1.165, 1.54) is 0 Å². The summed E-state index contributed by atoms with van der Waals surface area (Å²) in [5.74, 6) is 0. The smallest absolute Gasteiger partial charge is 0.221 e. The first kappa shape index (κ1) is 16.1. The van der Waals surface area contributed by atoms with Crippen molar-refractivity contribution in [1.29, 1.82) is 0 Å². The van der Waals surface area contributed by atoms with E-state index in [2.05, 4.69) is 4.72 Å². The number of sulfonamides is 1. The molecular formula is C13H20N2O2S2. The Kier molecular flexibility index (Phi) is 5.90. The van der Waals surface area contributed by atoms with E-state index >= 15 is 0 Å². The van der Waals surface area contributed by atoms with E-state index < -0.39 is 15.3 Å². The summed E-state index contributed by atoms with van der Waals surface area (Å²) in [4.78, 5) is 0.0157. The molecule has 0 heterocycles. The zero-order valence-electron chi connectivity index (χ0n) is 11.2. The average molecular weight is 300 g/mol. The lowest BCUT2D eigenvalue weighted by atomic mass is 10.1. The topological polar surface area (TPSA) is 72.2 Å². The van der Waals surface area contributed by atoms with E-state index in [4.69, 9.17) is 18.0 Å². The SMILES string of the molecule is CCC(C(N)=S)S(=O)(=O)NC(C)Cc1ccccc1. The highest BCUT2D eigenvalue weighted by molar-refractivity contribution is 7.93. The van der Waals surface area contributed by atoms with Gasteiger partial charge in [0.05, 0.1) is 4.99 Å². The molecule has 6 heteroatoms. The molecule has 1 aromatic rings. The molecule has 0 saturated carbocycles. The van der Waals surface area contributed by atoms with Crippen LogP contribution in [0.5, 0.6) is 0 Å². The fraction of sp³-hybridized carbons (Fsp3) is 0.462. The lowest BCUT2D eigenvalue weighted by Crippen LogP contribution is -2.45. The number of thiocarbonyl (C=S) groups is 1. The molecule has 0 bridgehead atoms. The maximum Gasteiger partial charge on any atom is 0.221 e. The molecule has 1 rings (SSSR count). The van der Waals surface area contributed by atoms with Gasteiger partial charge in [-0.15, -0.1) is 0 Å². The van der Waals surface area contributed by atoms with Gasteiger partial charge in [0.1, 0.15) is 5.25 Å². The van der Waals surface area contributed by atoms with Gasteiger partial charge in [0, 0.05) is 6.04 Å². The van der Waals surface area contributed by atoms with Crippen LogP contribution in [-0.2, 0) is 16.4 Å². The van der Waals surface area contributed by atoms with Crippen LogP contribution in [0.25, 0.3) is 0 Å². The summed E-state index contributed by atoms with van der Waals surface area (Å²) in [7, 11) is -3.51. The van der Waals surface area contributed by atoms with Crippen LogP contribution in [0.4, 0.5) is 0 Å². The van der Waals surface area contributed by atoms with Crippen LogP contribution >= 0.6 is 12.2 Å². The second-order valence-corrected chi connectivity index (χ2v) is 6.92. The summed E-state index contributed by atoms with van der Waals surface area (Å²) in [6.45, 7) is 3.59. The molecule has 0 saturated heterocycles. The predicted molar refractivity (Wildman–Crippen MR) is 82.5 cm³/mol. The van der Waals surface area contributed by atoms with Crippen LogP contribution in [-0.4, -0.2) is 24.7 Å². The molecule has 2 atom stereocenters. The maximum absolute atomic E-state index is 12.1. The van der Waals surface area contributed by atoms with Gasteiger partial charge in [0.15, 0.2) is 0 Å². The van der Waals surface area contributed by atoms with Gasteiger partial charge < -0.3 is 5.73 Å². The lowest BCUT2D eigenvalue weighted by molar-refractivity contribution is 0.553. The summed E-state index contributed by atoms with van der Waals surface area (Å²) < 4.78 is 26.9. The van der Waals surface area contributed by atoms with E-state index in [1.807, 2.05) is 37.3 Å². The van der Waals surface area contributed by atoms with E-state index in [9.17, 15) is 8.42 Å². The summed E-state index contributed by atoms with van der Waals surface area (Å²) >= 11 is 4.81. The molecule has 0 amide bonds. The molecule has 1 aromatic carbocycles. The zero-order valence-corrected chi connectivity index (χ0v) is 12.8. The molecule has 2 unspecified atom stereocenters. The molecule has 0 radical (unpaired) electrons. The fourth-order valence-corrected chi connectivity index (χ4v) is 4.05. The van der Waals surface area contributed by atoms with Crippen LogP contribution in [0, 0.1) is 0 Å². The predicted octanol–water partition coefficient (Wildman–Crippen LogP) is 1.60. The summed E-state index contributed by atoms with van der Waals surface area (Å²) in [5, 5.41) is -0.805. The number of nitrogens with two attached hydrogens (primary N) is 1. The molecule has 106 valence electrons. The minimum absolute atomic E-state index is 0.0157. The summed E-state index contributed by atoms with van der Waals surface area (Å²) in [5.41, 5.74) is 6.56. The van der Waals surface area contributed by atoms with Crippen molar-refractivity contribution in [2.75, 3.05) is 0 Å². The highest BCUT2D eigenvalue weighted by Gasteiger charge is 2.27. The second kappa shape index (κ2) is 6.98.